The largest absolute Gasteiger partial charge is 0.359 e. The van der Waals surface area contributed by atoms with E-state index in [0.29, 0.717) is 10.6 Å². The number of rotatable bonds is 0. The second-order valence-corrected chi connectivity index (χ2v) is 3.39. The van der Waals surface area contributed by atoms with Crippen molar-refractivity contribution in [1.82, 2.24) is 4.98 Å². The fourth-order valence-electron chi connectivity index (χ4n) is 1.43. The van der Waals surface area contributed by atoms with Crippen molar-refractivity contribution in [1.29, 1.82) is 5.26 Å². The van der Waals surface area contributed by atoms with Gasteiger partial charge in [-0.15, -0.1) is 0 Å². The summed E-state index contributed by atoms with van der Waals surface area (Å²) in [6.07, 6.45) is 1.70. The number of aromatic nitrogens is 1. The maximum absolute atomic E-state index is 8.86. The number of hydrogen-bond acceptors (Lipinski definition) is 1. The third-order valence-corrected chi connectivity index (χ3v) is 2.32. The molecule has 1 aromatic carbocycles. The van der Waals surface area contributed by atoms with Gasteiger partial charge in [0, 0.05) is 11.6 Å². The lowest BCUT2D eigenvalue weighted by molar-refractivity contribution is 1.41. The standard InChI is InChI=1S/C10H7ClN2/c1-6-2-7(4-12)10-8(3-6)9(11)5-13-10/h2-3,5,13H,1H3. The molecule has 64 valence electrons. The lowest BCUT2D eigenvalue weighted by atomic mass is 10.1. The molecule has 0 saturated carbocycles. The first kappa shape index (κ1) is 8.15. The Morgan fingerprint density at radius 1 is 1.46 bits per heavy atom. The zero-order chi connectivity index (χ0) is 9.42. The van der Waals surface area contributed by atoms with Crippen LogP contribution in [0.3, 0.4) is 0 Å². The summed E-state index contributed by atoms with van der Waals surface area (Å²) >= 11 is 5.93. The van der Waals surface area contributed by atoms with E-state index in [-0.39, 0.29) is 0 Å². The van der Waals surface area contributed by atoms with Gasteiger partial charge < -0.3 is 4.98 Å². The minimum absolute atomic E-state index is 0.641. The lowest BCUT2D eigenvalue weighted by Crippen LogP contribution is -1.80. The molecule has 1 heterocycles. The van der Waals surface area contributed by atoms with Gasteiger partial charge in [0.25, 0.3) is 0 Å². The van der Waals surface area contributed by atoms with Gasteiger partial charge in [0.15, 0.2) is 0 Å². The number of aromatic amines is 1. The summed E-state index contributed by atoms with van der Waals surface area (Å²) < 4.78 is 0. The minimum Gasteiger partial charge on any atom is -0.359 e. The molecule has 0 atom stereocenters. The molecule has 0 radical (unpaired) electrons. The van der Waals surface area contributed by atoms with Crippen molar-refractivity contribution in [2.45, 2.75) is 6.92 Å². The number of nitriles is 1. The van der Waals surface area contributed by atoms with Gasteiger partial charge in [-0.3, -0.25) is 0 Å². The van der Waals surface area contributed by atoms with Crippen molar-refractivity contribution in [3.63, 3.8) is 0 Å². The number of nitrogens with zero attached hydrogens (tertiary/aromatic N) is 1. The maximum Gasteiger partial charge on any atom is 0.101 e. The predicted molar refractivity (Wildman–Crippen MR) is 52.8 cm³/mol. The highest BCUT2D eigenvalue weighted by atomic mass is 35.5. The summed E-state index contributed by atoms with van der Waals surface area (Å²) in [6, 6.07) is 5.94. The zero-order valence-electron chi connectivity index (χ0n) is 7.06. The van der Waals surface area contributed by atoms with Crippen LogP contribution in [0.25, 0.3) is 10.9 Å². The summed E-state index contributed by atoms with van der Waals surface area (Å²) in [4.78, 5) is 2.98. The topological polar surface area (TPSA) is 39.6 Å². The van der Waals surface area contributed by atoms with Gasteiger partial charge in [-0.1, -0.05) is 11.6 Å². The first-order valence-electron chi connectivity index (χ1n) is 3.89. The van der Waals surface area contributed by atoms with Crippen LogP contribution in [0.4, 0.5) is 0 Å². The molecule has 0 aliphatic rings. The Labute approximate surface area is 80.7 Å². The minimum atomic E-state index is 0.641. The molecule has 0 aliphatic heterocycles. The molecular formula is C10H7ClN2. The maximum atomic E-state index is 8.86. The fraction of sp³-hybridized carbons (Fsp3) is 0.100. The van der Waals surface area contributed by atoms with Crippen molar-refractivity contribution in [3.05, 3.63) is 34.5 Å². The highest BCUT2D eigenvalue weighted by Crippen LogP contribution is 2.26. The summed E-state index contributed by atoms with van der Waals surface area (Å²) in [5, 5.41) is 10.4. The van der Waals surface area contributed by atoms with Crippen LogP contribution in [0.5, 0.6) is 0 Å². The van der Waals surface area contributed by atoms with E-state index < -0.39 is 0 Å². The molecule has 0 amide bonds. The van der Waals surface area contributed by atoms with Crippen LogP contribution in [-0.2, 0) is 0 Å². The average molecular weight is 191 g/mol. The molecule has 1 N–H and O–H groups in total. The molecule has 3 heteroatoms. The summed E-state index contributed by atoms with van der Waals surface area (Å²) in [7, 11) is 0. The molecule has 13 heavy (non-hydrogen) atoms. The molecule has 1 aromatic heterocycles. The van der Waals surface area contributed by atoms with Gasteiger partial charge in [-0.25, -0.2) is 0 Å². The van der Waals surface area contributed by atoms with Crippen LogP contribution in [0.15, 0.2) is 18.3 Å². The van der Waals surface area contributed by atoms with Crippen LogP contribution in [-0.4, -0.2) is 4.98 Å². The van der Waals surface area contributed by atoms with E-state index in [9.17, 15) is 0 Å². The molecule has 0 fully saturated rings. The Hall–Kier alpha value is -1.46. The van der Waals surface area contributed by atoms with Gasteiger partial charge >= 0.3 is 0 Å². The molecule has 2 nitrogen and oxygen atoms in total. The monoisotopic (exact) mass is 190 g/mol. The molecule has 0 aliphatic carbocycles. The number of H-pyrrole nitrogens is 1. The Morgan fingerprint density at radius 3 is 2.92 bits per heavy atom. The Morgan fingerprint density at radius 2 is 2.23 bits per heavy atom. The third-order valence-electron chi connectivity index (χ3n) is 2.00. The summed E-state index contributed by atoms with van der Waals surface area (Å²) in [5.74, 6) is 0. The second kappa shape index (κ2) is 2.79. The summed E-state index contributed by atoms with van der Waals surface area (Å²) in [5.41, 5.74) is 2.51. The number of hydrogen-bond donors (Lipinski definition) is 1. The van der Waals surface area contributed by atoms with E-state index in [0.717, 1.165) is 16.5 Å². The fourth-order valence-corrected chi connectivity index (χ4v) is 1.64. The number of nitrogens with one attached hydrogen (secondary N) is 1. The van der Waals surface area contributed by atoms with E-state index >= 15 is 0 Å². The van der Waals surface area contributed by atoms with Crippen LogP contribution < -0.4 is 0 Å². The number of fused-ring (bicyclic) bond motifs is 1. The third kappa shape index (κ3) is 1.18. The highest BCUT2D eigenvalue weighted by molar-refractivity contribution is 6.35. The van der Waals surface area contributed by atoms with Gasteiger partial charge in [-0.2, -0.15) is 5.26 Å². The van der Waals surface area contributed by atoms with Gasteiger partial charge in [0.05, 0.1) is 16.1 Å². The van der Waals surface area contributed by atoms with Crippen LogP contribution in [0, 0.1) is 18.3 Å². The first-order chi connectivity index (χ1) is 6.22. The zero-order valence-corrected chi connectivity index (χ0v) is 7.81. The molecular weight excluding hydrogens is 184 g/mol. The van der Waals surface area contributed by atoms with Gasteiger partial charge in [-0.05, 0) is 24.6 Å². The molecule has 2 rings (SSSR count). The van der Waals surface area contributed by atoms with E-state index in [1.165, 1.54) is 0 Å². The SMILES string of the molecule is Cc1cc(C#N)c2[nH]cc(Cl)c2c1. The van der Waals surface area contributed by atoms with Gasteiger partial charge in [0.1, 0.15) is 6.07 Å². The molecule has 0 spiro atoms. The van der Waals surface area contributed by atoms with Crippen molar-refractivity contribution in [3.8, 4) is 6.07 Å². The van der Waals surface area contributed by atoms with E-state index in [2.05, 4.69) is 11.1 Å². The Balaban J connectivity index is 2.94. The Kier molecular flexibility index (Phi) is 1.75. The number of aryl methyl sites for hydroxylation is 1. The summed E-state index contributed by atoms with van der Waals surface area (Å²) in [6.45, 7) is 1.95. The van der Waals surface area contributed by atoms with Crippen LogP contribution in [0.2, 0.25) is 5.02 Å². The number of halogens is 1. The molecule has 0 bridgehead atoms. The van der Waals surface area contributed by atoms with Crippen LogP contribution >= 0.6 is 11.6 Å². The predicted octanol–water partition coefficient (Wildman–Crippen LogP) is 3.00. The smallest absolute Gasteiger partial charge is 0.101 e. The molecule has 0 saturated heterocycles. The molecule has 0 unspecified atom stereocenters. The average Bonchev–Trinajstić information content (AvgIpc) is 2.47. The van der Waals surface area contributed by atoms with Crippen molar-refractivity contribution in [2.75, 3.05) is 0 Å². The van der Waals surface area contributed by atoms with Gasteiger partial charge in [0.2, 0.25) is 0 Å². The van der Waals surface area contributed by atoms with Crippen molar-refractivity contribution in [2.24, 2.45) is 0 Å². The van der Waals surface area contributed by atoms with Crippen molar-refractivity contribution < 1.29 is 0 Å². The highest BCUT2D eigenvalue weighted by Gasteiger charge is 2.06. The first-order valence-corrected chi connectivity index (χ1v) is 4.27. The van der Waals surface area contributed by atoms with Crippen LogP contribution in [0.1, 0.15) is 11.1 Å². The van der Waals surface area contributed by atoms with E-state index in [1.54, 1.807) is 6.20 Å². The van der Waals surface area contributed by atoms with Crippen molar-refractivity contribution >= 4 is 22.5 Å². The normalized spacial score (nSPS) is 10.2. The Bertz CT molecular complexity index is 505. The van der Waals surface area contributed by atoms with E-state index in [4.69, 9.17) is 16.9 Å². The molecule has 2 aromatic rings. The quantitative estimate of drug-likeness (QED) is 0.682. The second-order valence-electron chi connectivity index (χ2n) is 2.98. The lowest BCUT2D eigenvalue weighted by Gasteiger charge is -1.96. The number of benzene rings is 1. The van der Waals surface area contributed by atoms with E-state index in [1.807, 2.05) is 19.1 Å².